The van der Waals surface area contributed by atoms with Crippen LogP contribution in [0.2, 0.25) is 0 Å². The second kappa shape index (κ2) is 7.20. The maximum atomic E-state index is 12.3. The SMILES string of the molecule is CCCOCCC(=O)N1CCCC(=O)c2ccccc21. The zero-order valence-electron chi connectivity index (χ0n) is 11.9. The molecule has 4 nitrogen and oxygen atoms in total. The first kappa shape index (κ1) is 14.7. The topological polar surface area (TPSA) is 46.6 Å². The summed E-state index contributed by atoms with van der Waals surface area (Å²) >= 11 is 0. The van der Waals surface area contributed by atoms with Crippen LogP contribution in [0.4, 0.5) is 5.69 Å². The molecule has 1 aromatic rings. The van der Waals surface area contributed by atoms with Crippen molar-refractivity contribution in [3.05, 3.63) is 29.8 Å². The van der Waals surface area contributed by atoms with E-state index in [-0.39, 0.29) is 11.7 Å². The molecular formula is C16H21NO3. The summed E-state index contributed by atoms with van der Waals surface area (Å²) in [5.41, 5.74) is 1.41. The van der Waals surface area contributed by atoms with Gasteiger partial charge in [-0.2, -0.15) is 0 Å². The number of hydrogen-bond acceptors (Lipinski definition) is 3. The van der Waals surface area contributed by atoms with Crippen molar-refractivity contribution in [2.24, 2.45) is 0 Å². The predicted octanol–water partition coefficient (Wildman–Crippen LogP) is 2.81. The maximum absolute atomic E-state index is 12.3. The van der Waals surface area contributed by atoms with Gasteiger partial charge in [0, 0.05) is 25.1 Å². The highest BCUT2D eigenvalue weighted by molar-refractivity contribution is 6.06. The molecule has 0 unspecified atom stereocenters. The van der Waals surface area contributed by atoms with Crippen LogP contribution in [0.3, 0.4) is 0 Å². The molecule has 0 saturated carbocycles. The number of benzene rings is 1. The van der Waals surface area contributed by atoms with Gasteiger partial charge in [-0.25, -0.2) is 0 Å². The average molecular weight is 275 g/mol. The lowest BCUT2D eigenvalue weighted by Gasteiger charge is -2.22. The molecule has 1 heterocycles. The zero-order chi connectivity index (χ0) is 14.4. The Balaban J connectivity index is 2.09. The Hall–Kier alpha value is -1.68. The second-order valence-corrected chi connectivity index (χ2v) is 4.95. The van der Waals surface area contributed by atoms with Crippen molar-refractivity contribution in [2.45, 2.75) is 32.6 Å². The van der Waals surface area contributed by atoms with Crippen molar-refractivity contribution in [3.63, 3.8) is 0 Å². The van der Waals surface area contributed by atoms with Crippen LogP contribution in [0, 0.1) is 0 Å². The van der Waals surface area contributed by atoms with Gasteiger partial charge in [-0.15, -0.1) is 0 Å². The largest absolute Gasteiger partial charge is 0.381 e. The molecule has 1 aromatic carbocycles. The van der Waals surface area contributed by atoms with Gasteiger partial charge in [0.2, 0.25) is 5.91 Å². The highest BCUT2D eigenvalue weighted by atomic mass is 16.5. The van der Waals surface area contributed by atoms with E-state index in [1.807, 2.05) is 25.1 Å². The third-order valence-corrected chi connectivity index (χ3v) is 3.39. The van der Waals surface area contributed by atoms with Crippen molar-refractivity contribution in [1.82, 2.24) is 0 Å². The number of carbonyl (C=O) groups excluding carboxylic acids is 2. The highest BCUT2D eigenvalue weighted by Crippen LogP contribution is 2.26. The van der Waals surface area contributed by atoms with Crippen LogP contribution in [-0.4, -0.2) is 31.4 Å². The van der Waals surface area contributed by atoms with Crippen LogP contribution in [0.15, 0.2) is 24.3 Å². The monoisotopic (exact) mass is 275 g/mol. The summed E-state index contributed by atoms with van der Waals surface area (Å²) in [6, 6.07) is 7.36. The van der Waals surface area contributed by atoms with E-state index in [0.717, 1.165) is 18.5 Å². The molecule has 0 spiro atoms. The molecule has 1 aliphatic heterocycles. The molecule has 20 heavy (non-hydrogen) atoms. The number of ether oxygens (including phenoxy) is 1. The average Bonchev–Trinajstić information content (AvgIpc) is 2.63. The Bertz CT molecular complexity index is 484. The van der Waals surface area contributed by atoms with E-state index in [1.165, 1.54) is 0 Å². The van der Waals surface area contributed by atoms with Crippen molar-refractivity contribution in [2.75, 3.05) is 24.7 Å². The first-order chi connectivity index (χ1) is 9.74. The minimum absolute atomic E-state index is 0.0308. The van der Waals surface area contributed by atoms with Crippen LogP contribution in [0.5, 0.6) is 0 Å². The van der Waals surface area contributed by atoms with Gasteiger partial charge in [-0.05, 0) is 25.0 Å². The fraction of sp³-hybridized carbons (Fsp3) is 0.500. The summed E-state index contributed by atoms with van der Waals surface area (Å²) in [4.78, 5) is 26.1. The third kappa shape index (κ3) is 3.45. The molecule has 2 rings (SSSR count). The number of para-hydroxylation sites is 1. The number of ketones is 1. The molecule has 4 heteroatoms. The Morgan fingerprint density at radius 1 is 1.30 bits per heavy atom. The molecule has 0 bridgehead atoms. The molecular weight excluding hydrogens is 254 g/mol. The fourth-order valence-corrected chi connectivity index (χ4v) is 2.40. The van der Waals surface area contributed by atoms with Crippen LogP contribution in [0.25, 0.3) is 0 Å². The van der Waals surface area contributed by atoms with E-state index in [2.05, 4.69) is 0 Å². The van der Waals surface area contributed by atoms with Crippen molar-refractivity contribution in [3.8, 4) is 0 Å². The Morgan fingerprint density at radius 3 is 2.90 bits per heavy atom. The smallest absolute Gasteiger partial charge is 0.229 e. The van der Waals surface area contributed by atoms with Crippen LogP contribution < -0.4 is 4.90 Å². The number of carbonyl (C=O) groups is 2. The van der Waals surface area contributed by atoms with Gasteiger partial charge >= 0.3 is 0 Å². The summed E-state index contributed by atoms with van der Waals surface area (Å²) < 4.78 is 5.37. The lowest BCUT2D eigenvalue weighted by molar-refractivity contribution is -0.119. The van der Waals surface area contributed by atoms with E-state index in [1.54, 1.807) is 11.0 Å². The van der Waals surface area contributed by atoms with Crippen LogP contribution in [-0.2, 0) is 9.53 Å². The molecule has 0 atom stereocenters. The van der Waals surface area contributed by atoms with E-state index in [9.17, 15) is 9.59 Å². The fourth-order valence-electron chi connectivity index (χ4n) is 2.40. The highest BCUT2D eigenvalue weighted by Gasteiger charge is 2.24. The minimum Gasteiger partial charge on any atom is -0.381 e. The summed E-state index contributed by atoms with van der Waals surface area (Å²) in [6.07, 6.45) is 2.54. The van der Waals surface area contributed by atoms with Gasteiger partial charge in [0.1, 0.15) is 0 Å². The molecule has 108 valence electrons. The zero-order valence-corrected chi connectivity index (χ0v) is 11.9. The summed E-state index contributed by atoms with van der Waals surface area (Å²) in [5, 5.41) is 0. The molecule has 0 saturated heterocycles. The number of rotatable bonds is 5. The first-order valence-electron chi connectivity index (χ1n) is 7.24. The third-order valence-electron chi connectivity index (χ3n) is 3.39. The number of nitrogens with zero attached hydrogens (tertiary/aromatic N) is 1. The van der Waals surface area contributed by atoms with Crippen molar-refractivity contribution < 1.29 is 14.3 Å². The van der Waals surface area contributed by atoms with Gasteiger partial charge in [0.15, 0.2) is 5.78 Å². The van der Waals surface area contributed by atoms with Gasteiger partial charge in [0.05, 0.1) is 18.7 Å². The van der Waals surface area contributed by atoms with E-state index >= 15 is 0 Å². The molecule has 0 aromatic heterocycles. The number of Topliss-reactive ketones (excluding diaryl/α,β-unsaturated/α-hetero) is 1. The number of hydrogen-bond donors (Lipinski definition) is 0. The van der Waals surface area contributed by atoms with Crippen LogP contribution >= 0.6 is 0 Å². The molecule has 0 aliphatic carbocycles. The molecule has 1 amide bonds. The Labute approximate surface area is 119 Å². The summed E-state index contributed by atoms with van der Waals surface area (Å²) in [7, 11) is 0. The normalized spacial score (nSPS) is 14.8. The van der Waals surface area contributed by atoms with Crippen LogP contribution in [0.1, 0.15) is 43.0 Å². The van der Waals surface area contributed by atoms with Gasteiger partial charge < -0.3 is 9.64 Å². The standard InChI is InChI=1S/C16H21NO3/c1-2-11-20-12-9-16(19)17-10-5-8-15(18)13-6-3-4-7-14(13)17/h3-4,6-7H,2,5,8-12H2,1H3. The Morgan fingerprint density at radius 2 is 2.10 bits per heavy atom. The predicted molar refractivity (Wildman–Crippen MR) is 78.1 cm³/mol. The minimum atomic E-state index is 0.0308. The number of anilines is 1. The van der Waals surface area contributed by atoms with Gasteiger partial charge in [0.25, 0.3) is 0 Å². The van der Waals surface area contributed by atoms with Gasteiger partial charge in [-0.1, -0.05) is 19.1 Å². The van der Waals surface area contributed by atoms with E-state index in [0.29, 0.717) is 38.2 Å². The number of fused-ring (bicyclic) bond motifs is 1. The van der Waals surface area contributed by atoms with Gasteiger partial charge in [-0.3, -0.25) is 9.59 Å². The first-order valence-corrected chi connectivity index (χ1v) is 7.24. The molecule has 0 N–H and O–H groups in total. The lowest BCUT2D eigenvalue weighted by atomic mass is 10.1. The molecule has 1 aliphatic rings. The number of amides is 1. The van der Waals surface area contributed by atoms with Crippen molar-refractivity contribution in [1.29, 1.82) is 0 Å². The summed E-state index contributed by atoms with van der Waals surface area (Å²) in [6.45, 7) is 3.77. The quantitative estimate of drug-likeness (QED) is 0.776. The molecule has 0 radical (unpaired) electrons. The summed E-state index contributed by atoms with van der Waals surface area (Å²) in [5.74, 6) is 0.154. The van der Waals surface area contributed by atoms with E-state index in [4.69, 9.17) is 4.74 Å². The second-order valence-electron chi connectivity index (χ2n) is 4.95. The Kier molecular flexibility index (Phi) is 5.30. The molecule has 0 fully saturated rings. The lowest BCUT2D eigenvalue weighted by Crippen LogP contribution is -2.32. The van der Waals surface area contributed by atoms with E-state index < -0.39 is 0 Å². The van der Waals surface area contributed by atoms with Crippen molar-refractivity contribution >= 4 is 17.4 Å². The maximum Gasteiger partial charge on any atom is 0.229 e.